The predicted molar refractivity (Wildman–Crippen MR) is 238 cm³/mol. The van der Waals surface area contributed by atoms with Gasteiger partial charge in [-0.3, -0.25) is 0 Å². The Labute approximate surface area is 332 Å². The number of allylic oxidation sites excluding steroid dienone is 6. The minimum atomic E-state index is 0.137. The third kappa shape index (κ3) is 6.22. The van der Waals surface area contributed by atoms with Crippen LogP contribution in [0.5, 0.6) is 0 Å². The van der Waals surface area contributed by atoms with Gasteiger partial charge in [0.1, 0.15) is 0 Å². The smallest absolute Gasteiger partial charge is 0.0455 e. The molecule has 56 heavy (non-hydrogen) atoms. The van der Waals surface area contributed by atoms with Crippen LogP contribution in [0.25, 0.3) is 49.7 Å². The monoisotopic (exact) mass is 721 g/mol. The highest BCUT2D eigenvalue weighted by Gasteiger charge is 2.31. The van der Waals surface area contributed by atoms with Crippen molar-refractivity contribution in [2.75, 3.05) is 4.90 Å². The number of nitrogens with zero attached hydrogens (tertiary/aromatic N) is 1. The van der Waals surface area contributed by atoms with E-state index in [0.717, 1.165) is 32.1 Å². The van der Waals surface area contributed by atoms with Crippen molar-refractivity contribution in [3.8, 4) is 33.4 Å². The molecule has 0 saturated heterocycles. The number of benzene rings is 7. The molecular weight excluding hydrogens is 675 g/mol. The van der Waals surface area contributed by atoms with Crippen LogP contribution in [0.1, 0.15) is 67.7 Å². The van der Waals surface area contributed by atoms with Gasteiger partial charge in [-0.15, -0.1) is 0 Å². The van der Waals surface area contributed by atoms with Crippen LogP contribution in [-0.4, -0.2) is 0 Å². The first-order valence-electron chi connectivity index (χ1n) is 20.5. The number of hydrogen-bond acceptors (Lipinski definition) is 1. The lowest BCUT2D eigenvalue weighted by atomic mass is 9.77. The lowest BCUT2D eigenvalue weighted by Crippen LogP contribution is -2.23. The normalized spacial score (nSPS) is 17.6. The van der Waals surface area contributed by atoms with Gasteiger partial charge in [-0.2, -0.15) is 0 Å². The Morgan fingerprint density at radius 2 is 1.14 bits per heavy atom. The van der Waals surface area contributed by atoms with Crippen LogP contribution in [0.4, 0.5) is 5.69 Å². The molecule has 1 atom stereocenters. The van der Waals surface area contributed by atoms with E-state index in [0.29, 0.717) is 0 Å². The molecule has 0 saturated carbocycles. The molecule has 3 aliphatic carbocycles. The first-order valence-corrected chi connectivity index (χ1v) is 20.5. The molecule has 0 aliphatic heterocycles. The molecule has 7 aromatic carbocycles. The maximum Gasteiger partial charge on any atom is 0.0455 e. The van der Waals surface area contributed by atoms with Gasteiger partial charge >= 0.3 is 0 Å². The fraction of sp³-hybridized carbons (Fsp3) is 0.164. The van der Waals surface area contributed by atoms with E-state index in [1.165, 1.54) is 102 Å². The highest BCUT2D eigenvalue weighted by atomic mass is 15.2. The number of hydrogen-bond donors (Lipinski definition) is 0. The summed E-state index contributed by atoms with van der Waals surface area (Å²) in [5, 5.41) is 2.71. The predicted octanol–water partition coefficient (Wildman–Crippen LogP) is 14.7. The molecule has 0 N–H and O–H groups in total. The van der Waals surface area contributed by atoms with E-state index in [1.807, 2.05) is 0 Å². The molecule has 7 aromatic rings. The van der Waals surface area contributed by atoms with Crippen molar-refractivity contribution < 1.29 is 0 Å². The Hall–Kier alpha value is -6.18. The third-order valence-corrected chi connectivity index (χ3v) is 12.8. The molecular formula is C55H47N. The minimum Gasteiger partial charge on any atom is -0.318 e. The van der Waals surface area contributed by atoms with E-state index in [1.54, 1.807) is 0 Å². The summed E-state index contributed by atoms with van der Waals surface area (Å²) >= 11 is 0. The standard InChI is InChI=1S/C55H47N/c1-55(43-19-9-4-10-20-43)35-14-21-44(34-36-55)56(45-30-26-40(27-31-45)39-15-5-2-6-16-39)46-32-28-42(29-33-46)47-24-13-25-50-52(47)38-54-49-23-12-11-22-48(49)51(37-53(50)54)41-17-7-3-8-18-41/h2-13,15-20,22-28,30-32,34,37H,14,21,29,33,35-36,38H2,1H3. The molecule has 1 nitrogen and oxygen atoms in total. The second kappa shape index (κ2) is 14.5. The average molecular weight is 722 g/mol. The van der Waals surface area contributed by atoms with Gasteiger partial charge in [-0.1, -0.05) is 165 Å². The molecule has 0 bridgehead atoms. The van der Waals surface area contributed by atoms with Crippen molar-refractivity contribution in [1.82, 2.24) is 0 Å². The van der Waals surface area contributed by atoms with Gasteiger partial charge in [-0.05, 0) is 147 Å². The van der Waals surface area contributed by atoms with Crippen molar-refractivity contribution in [1.29, 1.82) is 0 Å². The Kier molecular flexibility index (Phi) is 8.87. The van der Waals surface area contributed by atoms with Crippen molar-refractivity contribution in [3.63, 3.8) is 0 Å². The summed E-state index contributed by atoms with van der Waals surface area (Å²) in [7, 11) is 0. The molecule has 0 radical (unpaired) electrons. The molecule has 0 amide bonds. The first-order chi connectivity index (χ1) is 27.6. The zero-order chi connectivity index (χ0) is 37.5. The van der Waals surface area contributed by atoms with Crippen LogP contribution >= 0.6 is 0 Å². The third-order valence-electron chi connectivity index (χ3n) is 12.8. The topological polar surface area (TPSA) is 3.24 Å². The van der Waals surface area contributed by atoms with Gasteiger partial charge in [0.2, 0.25) is 0 Å². The van der Waals surface area contributed by atoms with Crippen molar-refractivity contribution in [3.05, 3.63) is 216 Å². The fourth-order valence-corrected chi connectivity index (χ4v) is 9.73. The lowest BCUT2D eigenvalue weighted by molar-refractivity contribution is 0.434. The van der Waals surface area contributed by atoms with Crippen LogP contribution < -0.4 is 4.90 Å². The molecule has 3 aliphatic rings. The number of anilines is 1. The summed E-state index contributed by atoms with van der Waals surface area (Å²) in [6, 6.07) is 60.5. The zero-order valence-corrected chi connectivity index (χ0v) is 32.2. The molecule has 0 aromatic heterocycles. The largest absolute Gasteiger partial charge is 0.318 e. The molecule has 10 rings (SSSR count). The Bertz CT molecular complexity index is 2650. The summed E-state index contributed by atoms with van der Waals surface area (Å²) in [4.78, 5) is 2.60. The fourth-order valence-electron chi connectivity index (χ4n) is 9.73. The van der Waals surface area contributed by atoms with Gasteiger partial charge in [0.25, 0.3) is 0 Å². The summed E-state index contributed by atoms with van der Waals surface area (Å²) in [6.07, 6.45) is 14.9. The molecule has 272 valence electrons. The van der Waals surface area contributed by atoms with Gasteiger partial charge in [-0.25, -0.2) is 0 Å². The van der Waals surface area contributed by atoms with Gasteiger partial charge in [0, 0.05) is 17.1 Å². The molecule has 0 fully saturated rings. The summed E-state index contributed by atoms with van der Waals surface area (Å²) < 4.78 is 0. The minimum absolute atomic E-state index is 0.137. The summed E-state index contributed by atoms with van der Waals surface area (Å²) in [5.74, 6) is 0. The van der Waals surface area contributed by atoms with E-state index >= 15 is 0 Å². The van der Waals surface area contributed by atoms with Crippen LogP contribution in [-0.2, 0) is 11.8 Å². The van der Waals surface area contributed by atoms with Crippen molar-refractivity contribution in [2.24, 2.45) is 0 Å². The highest BCUT2D eigenvalue weighted by molar-refractivity contribution is 6.05. The van der Waals surface area contributed by atoms with E-state index in [2.05, 4.69) is 194 Å². The van der Waals surface area contributed by atoms with Crippen molar-refractivity contribution >= 4 is 22.0 Å². The van der Waals surface area contributed by atoms with Crippen molar-refractivity contribution in [2.45, 2.75) is 57.3 Å². The second-order valence-electron chi connectivity index (χ2n) is 16.1. The lowest BCUT2D eigenvalue weighted by Gasteiger charge is -2.32. The summed E-state index contributed by atoms with van der Waals surface area (Å²) in [6.45, 7) is 2.46. The first kappa shape index (κ1) is 34.3. The van der Waals surface area contributed by atoms with Gasteiger partial charge in [0.15, 0.2) is 0 Å². The van der Waals surface area contributed by atoms with Gasteiger partial charge in [0.05, 0.1) is 0 Å². The maximum atomic E-state index is 2.60. The number of fused-ring (bicyclic) bond motifs is 5. The average Bonchev–Trinajstić information content (AvgIpc) is 3.54. The maximum absolute atomic E-state index is 2.60. The Morgan fingerprint density at radius 1 is 0.482 bits per heavy atom. The SMILES string of the molecule is CC1(c2ccccc2)CC=C(N(C2=CC=C(c3cccc4c3Cc3c-4cc(-c4ccccc4)c4ccccc34)CC2)c2ccc(-c3ccccc3)cc2)CCC1. The molecule has 1 unspecified atom stereocenters. The van der Waals surface area contributed by atoms with Crippen LogP contribution in [0.2, 0.25) is 0 Å². The zero-order valence-electron chi connectivity index (χ0n) is 32.2. The van der Waals surface area contributed by atoms with Crippen LogP contribution in [0.15, 0.2) is 193 Å². The van der Waals surface area contributed by atoms with E-state index in [9.17, 15) is 0 Å². The summed E-state index contributed by atoms with van der Waals surface area (Å²) in [5.41, 5.74) is 19.3. The molecule has 0 heterocycles. The number of rotatable bonds is 7. The second-order valence-corrected chi connectivity index (χ2v) is 16.1. The highest BCUT2D eigenvalue weighted by Crippen LogP contribution is 2.48. The van der Waals surface area contributed by atoms with Crippen LogP contribution in [0, 0.1) is 0 Å². The Morgan fingerprint density at radius 3 is 1.88 bits per heavy atom. The van der Waals surface area contributed by atoms with Gasteiger partial charge < -0.3 is 4.90 Å². The molecule has 0 spiro atoms. The molecule has 1 heteroatoms. The van der Waals surface area contributed by atoms with E-state index < -0.39 is 0 Å². The Balaban J connectivity index is 1.02. The van der Waals surface area contributed by atoms with E-state index in [-0.39, 0.29) is 5.41 Å². The quantitative estimate of drug-likeness (QED) is 0.158. The van der Waals surface area contributed by atoms with E-state index in [4.69, 9.17) is 0 Å². The van der Waals surface area contributed by atoms with Crippen LogP contribution in [0.3, 0.4) is 0 Å².